The second-order valence-corrected chi connectivity index (χ2v) is 5.08. The fraction of sp³-hybridized carbons (Fsp3) is 0.727. The minimum Gasteiger partial charge on any atom is -0.396 e. The molecule has 0 aromatic carbocycles. The highest BCUT2D eigenvalue weighted by Gasteiger charge is 2.16. The molecule has 0 bridgehead atoms. The van der Waals surface area contributed by atoms with Crippen LogP contribution in [0, 0.1) is 0 Å². The number of nitrogens with one attached hydrogen (secondary N) is 1. The van der Waals surface area contributed by atoms with Crippen LogP contribution >= 0.6 is 11.8 Å². The van der Waals surface area contributed by atoms with E-state index >= 15 is 0 Å². The van der Waals surface area contributed by atoms with Gasteiger partial charge < -0.3 is 20.1 Å². The first-order valence-electron chi connectivity index (χ1n) is 6.33. The molecule has 106 valence electrons. The van der Waals surface area contributed by atoms with Crippen molar-refractivity contribution in [2.24, 2.45) is 0 Å². The normalized spacial score (nSPS) is 15.6. The van der Waals surface area contributed by atoms with Crippen LogP contribution in [-0.4, -0.2) is 65.8 Å². The van der Waals surface area contributed by atoms with E-state index < -0.39 is 0 Å². The van der Waals surface area contributed by atoms with Crippen LogP contribution in [0.15, 0.2) is 5.16 Å². The Bertz CT molecular complexity index is 401. The Labute approximate surface area is 116 Å². The minimum atomic E-state index is 0.188. The topological polar surface area (TPSA) is 83.4 Å². The van der Waals surface area contributed by atoms with Crippen LogP contribution < -0.4 is 10.2 Å². The number of hydrogen-bond acceptors (Lipinski definition) is 8. The first-order chi connectivity index (χ1) is 9.33. The summed E-state index contributed by atoms with van der Waals surface area (Å²) in [4.78, 5) is 15.3. The van der Waals surface area contributed by atoms with E-state index in [1.807, 2.05) is 0 Å². The number of aliphatic hydroxyl groups excluding tert-OH is 1. The number of rotatable bonds is 6. The van der Waals surface area contributed by atoms with Gasteiger partial charge in [0.15, 0.2) is 5.16 Å². The number of aromatic nitrogens is 3. The second kappa shape index (κ2) is 7.46. The number of anilines is 2. The van der Waals surface area contributed by atoms with Crippen LogP contribution in [0.5, 0.6) is 0 Å². The molecule has 2 N–H and O–H groups in total. The van der Waals surface area contributed by atoms with Crippen molar-refractivity contribution < 1.29 is 9.84 Å². The van der Waals surface area contributed by atoms with Crippen LogP contribution in [0.4, 0.5) is 11.9 Å². The molecule has 1 aromatic rings. The van der Waals surface area contributed by atoms with Gasteiger partial charge in [0.1, 0.15) is 0 Å². The van der Waals surface area contributed by atoms with Crippen molar-refractivity contribution in [3.8, 4) is 0 Å². The molecule has 1 saturated heterocycles. The number of hydrogen-bond donors (Lipinski definition) is 2. The van der Waals surface area contributed by atoms with Crippen molar-refractivity contribution in [2.75, 3.05) is 55.9 Å². The predicted octanol–water partition coefficient (Wildman–Crippen LogP) is 0.224. The summed E-state index contributed by atoms with van der Waals surface area (Å²) in [6.07, 6.45) is 0.734. The maximum absolute atomic E-state index is 8.80. The Balaban J connectivity index is 2.10. The Morgan fingerprint density at radius 1 is 1.32 bits per heavy atom. The number of nitrogens with zero attached hydrogens (tertiary/aromatic N) is 4. The monoisotopic (exact) mass is 285 g/mol. The van der Waals surface area contributed by atoms with Gasteiger partial charge in [0.25, 0.3) is 0 Å². The van der Waals surface area contributed by atoms with Crippen molar-refractivity contribution in [3.05, 3.63) is 0 Å². The number of ether oxygens (including phenoxy) is 1. The van der Waals surface area contributed by atoms with Gasteiger partial charge in [0.05, 0.1) is 13.2 Å². The lowest BCUT2D eigenvalue weighted by Gasteiger charge is -2.26. The standard InChI is InChI=1S/C11H19N5O2S/c1-12-9-13-10(16-3-6-18-7-4-16)15-11(14-9)19-8-2-5-17/h17H,2-8H2,1H3,(H,12,13,14,15). The van der Waals surface area contributed by atoms with Gasteiger partial charge in [-0.1, -0.05) is 11.8 Å². The van der Waals surface area contributed by atoms with Crippen LogP contribution in [0.25, 0.3) is 0 Å². The van der Waals surface area contributed by atoms with Crippen LogP contribution in [-0.2, 0) is 4.74 Å². The molecule has 0 radical (unpaired) electrons. The van der Waals surface area contributed by atoms with Crippen molar-refractivity contribution in [3.63, 3.8) is 0 Å². The molecule has 7 nitrogen and oxygen atoms in total. The maximum Gasteiger partial charge on any atom is 0.231 e. The molecule has 0 saturated carbocycles. The van der Waals surface area contributed by atoms with Crippen molar-refractivity contribution in [1.82, 2.24) is 15.0 Å². The highest BCUT2D eigenvalue weighted by molar-refractivity contribution is 7.99. The summed E-state index contributed by atoms with van der Waals surface area (Å²) in [6.45, 7) is 3.19. The van der Waals surface area contributed by atoms with E-state index in [9.17, 15) is 0 Å². The lowest BCUT2D eigenvalue weighted by molar-refractivity contribution is 0.122. The van der Waals surface area contributed by atoms with Gasteiger partial charge in [0.2, 0.25) is 11.9 Å². The molecular formula is C11H19N5O2S. The fourth-order valence-electron chi connectivity index (χ4n) is 1.65. The van der Waals surface area contributed by atoms with Crippen molar-refractivity contribution in [1.29, 1.82) is 0 Å². The molecule has 0 aliphatic carbocycles. The summed E-state index contributed by atoms with van der Waals surface area (Å²) >= 11 is 1.53. The SMILES string of the molecule is CNc1nc(SCCCO)nc(N2CCOCC2)n1. The van der Waals surface area contributed by atoms with Gasteiger partial charge in [-0.3, -0.25) is 0 Å². The van der Waals surface area contributed by atoms with E-state index in [1.54, 1.807) is 7.05 Å². The van der Waals surface area contributed by atoms with Gasteiger partial charge in [-0.15, -0.1) is 0 Å². The maximum atomic E-state index is 8.80. The summed E-state index contributed by atoms with van der Waals surface area (Å²) in [7, 11) is 1.79. The summed E-state index contributed by atoms with van der Waals surface area (Å²) in [5.74, 6) is 2.06. The Morgan fingerprint density at radius 3 is 2.79 bits per heavy atom. The van der Waals surface area contributed by atoms with Crippen LogP contribution in [0.1, 0.15) is 6.42 Å². The predicted molar refractivity (Wildman–Crippen MR) is 74.8 cm³/mol. The lowest BCUT2D eigenvalue weighted by Crippen LogP contribution is -2.37. The van der Waals surface area contributed by atoms with E-state index in [0.29, 0.717) is 30.3 Å². The average Bonchev–Trinajstić information content (AvgIpc) is 2.48. The summed E-state index contributed by atoms with van der Waals surface area (Å²) in [6, 6.07) is 0. The summed E-state index contributed by atoms with van der Waals surface area (Å²) in [5.41, 5.74) is 0. The summed E-state index contributed by atoms with van der Waals surface area (Å²) in [5, 5.41) is 12.4. The van der Waals surface area contributed by atoms with Gasteiger partial charge >= 0.3 is 0 Å². The third kappa shape index (κ3) is 4.19. The molecule has 8 heteroatoms. The zero-order valence-corrected chi connectivity index (χ0v) is 11.8. The molecule has 0 unspecified atom stereocenters. The molecule has 1 aliphatic heterocycles. The smallest absolute Gasteiger partial charge is 0.231 e. The number of morpholine rings is 1. The molecule has 2 heterocycles. The molecular weight excluding hydrogens is 266 g/mol. The molecule has 2 rings (SSSR count). The van der Waals surface area contributed by atoms with E-state index in [-0.39, 0.29) is 6.61 Å². The highest BCUT2D eigenvalue weighted by atomic mass is 32.2. The summed E-state index contributed by atoms with van der Waals surface area (Å²) < 4.78 is 5.33. The van der Waals surface area contributed by atoms with E-state index in [1.165, 1.54) is 11.8 Å². The number of thioether (sulfide) groups is 1. The molecule has 1 aliphatic rings. The Hall–Kier alpha value is -1.12. The first-order valence-corrected chi connectivity index (χ1v) is 7.32. The van der Waals surface area contributed by atoms with Gasteiger partial charge in [0, 0.05) is 32.5 Å². The second-order valence-electron chi connectivity index (χ2n) is 4.02. The van der Waals surface area contributed by atoms with Gasteiger partial charge in [-0.05, 0) is 6.42 Å². The molecule has 19 heavy (non-hydrogen) atoms. The largest absolute Gasteiger partial charge is 0.396 e. The first kappa shape index (κ1) is 14.3. The zero-order chi connectivity index (χ0) is 13.5. The van der Waals surface area contributed by atoms with E-state index in [4.69, 9.17) is 9.84 Å². The molecule has 0 spiro atoms. The van der Waals surface area contributed by atoms with Crippen LogP contribution in [0.3, 0.4) is 0 Å². The fourth-order valence-corrected chi connectivity index (χ4v) is 2.41. The third-order valence-corrected chi connectivity index (χ3v) is 3.59. The molecule has 0 atom stereocenters. The van der Waals surface area contributed by atoms with Crippen LogP contribution in [0.2, 0.25) is 0 Å². The van der Waals surface area contributed by atoms with Crippen molar-refractivity contribution >= 4 is 23.7 Å². The average molecular weight is 285 g/mol. The van der Waals surface area contributed by atoms with Gasteiger partial charge in [-0.2, -0.15) is 15.0 Å². The Morgan fingerprint density at radius 2 is 2.11 bits per heavy atom. The highest BCUT2D eigenvalue weighted by Crippen LogP contribution is 2.19. The van der Waals surface area contributed by atoms with Crippen molar-refractivity contribution in [2.45, 2.75) is 11.6 Å². The quantitative estimate of drug-likeness (QED) is 0.567. The molecule has 1 aromatic heterocycles. The van der Waals surface area contributed by atoms with E-state index in [0.717, 1.165) is 25.3 Å². The van der Waals surface area contributed by atoms with Gasteiger partial charge in [-0.25, -0.2) is 0 Å². The van der Waals surface area contributed by atoms with E-state index in [2.05, 4.69) is 25.2 Å². The zero-order valence-electron chi connectivity index (χ0n) is 11.0. The third-order valence-electron chi connectivity index (χ3n) is 2.65. The lowest BCUT2D eigenvalue weighted by atomic mass is 10.4. The minimum absolute atomic E-state index is 0.188. The Kier molecular flexibility index (Phi) is 5.62. The molecule has 0 amide bonds. The number of aliphatic hydroxyl groups is 1. The molecule has 1 fully saturated rings.